The van der Waals surface area contributed by atoms with E-state index in [1.165, 1.54) is 36.5 Å². The van der Waals surface area contributed by atoms with E-state index >= 15 is 0 Å². The van der Waals surface area contributed by atoms with Gasteiger partial charge in [-0.3, -0.25) is 4.79 Å². The minimum absolute atomic E-state index is 0.231. The van der Waals surface area contributed by atoms with Gasteiger partial charge in [-0.05, 0) is 103 Å². The van der Waals surface area contributed by atoms with Crippen molar-refractivity contribution in [3.8, 4) is 62.2 Å². The molecule has 1 heterocycles. The van der Waals surface area contributed by atoms with Crippen molar-refractivity contribution >= 4 is 78.6 Å². The number of thiocarbonyl (C=S) groups is 1. The highest BCUT2D eigenvalue weighted by atomic mass is 79.9. The third kappa shape index (κ3) is 8.65. The van der Waals surface area contributed by atoms with Crippen LogP contribution in [-0.4, -0.2) is 55.9 Å². The smallest absolute Gasteiger partial charge is 0.263 e. The number of aromatic hydroxyl groups is 9. The second-order valence-electron chi connectivity index (χ2n) is 9.80. The van der Waals surface area contributed by atoms with Gasteiger partial charge in [0.05, 0.1) is 18.8 Å². The summed E-state index contributed by atoms with van der Waals surface area (Å²) in [6.07, 6.45) is 7.97. The van der Waals surface area contributed by atoms with Crippen molar-refractivity contribution in [2.24, 2.45) is 0 Å². The Bertz CT molecular complexity index is 2050. The number of hydrogen-bond acceptors (Lipinski definition) is 13. The average Bonchev–Trinajstić information content (AvgIpc) is 3.04. The van der Waals surface area contributed by atoms with Gasteiger partial charge in [0.1, 0.15) is 5.01 Å². The van der Waals surface area contributed by atoms with E-state index in [1.54, 1.807) is 36.4 Å². The van der Waals surface area contributed by atoms with Crippen molar-refractivity contribution in [1.29, 1.82) is 0 Å². The van der Waals surface area contributed by atoms with E-state index in [4.69, 9.17) is 12.2 Å². The van der Waals surface area contributed by atoms with Gasteiger partial charge >= 0.3 is 0 Å². The number of fused-ring (bicyclic) bond motifs is 1. The van der Waals surface area contributed by atoms with Crippen LogP contribution in [0.4, 0.5) is 0 Å². The number of nitrogens with one attached hydrogen (secondary N) is 1. The van der Waals surface area contributed by atoms with Crippen molar-refractivity contribution in [3.63, 3.8) is 0 Å². The fourth-order valence-electron chi connectivity index (χ4n) is 3.94. The maximum Gasteiger partial charge on any atom is 0.263 e. The SMILES string of the molecule is O=c1c(O)cc2cnc(/C=C/c3cc(O)c(O)c(Br)c3)sc-2c1O.Oc1cc(CNC(=S)/C=C/c2cc(O)c(O)c(Br)c2)cc(O)c1O. The maximum absolute atomic E-state index is 11.6. The van der Waals surface area contributed by atoms with E-state index in [0.717, 1.165) is 11.3 Å². The molecule has 0 spiro atoms. The first-order valence-corrected chi connectivity index (χ1v) is 16.1. The van der Waals surface area contributed by atoms with Crippen LogP contribution in [0, 0.1) is 0 Å². The summed E-state index contributed by atoms with van der Waals surface area (Å²) in [5, 5.41) is 89.0. The number of benzene rings is 4. The normalized spacial score (nSPS) is 11.1. The maximum atomic E-state index is 11.6. The van der Waals surface area contributed by atoms with Gasteiger partial charge in [-0.25, -0.2) is 4.98 Å². The molecule has 0 fully saturated rings. The molecule has 5 rings (SSSR count). The van der Waals surface area contributed by atoms with Crippen molar-refractivity contribution < 1.29 is 46.0 Å². The minimum Gasteiger partial charge on any atom is -0.504 e. The molecule has 1 aliphatic carbocycles. The molecule has 0 bridgehead atoms. The average molecular weight is 820 g/mol. The summed E-state index contributed by atoms with van der Waals surface area (Å²) < 4.78 is 0.706. The molecule has 16 heteroatoms. The Hall–Kier alpha value is -5.03. The second-order valence-corrected chi connectivity index (χ2v) is 13.0. The summed E-state index contributed by atoms with van der Waals surface area (Å²) in [6.45, 7) is 0.231. The van der Waals surface area contributed by atoms with Crippen LogP contribution in [0.3, 0.4) is 0 Å². The summed E-state index contributed by atoms with van der Waals surface area (Å²) in [6, 6.07) is 9.87. The molecule has 48 heavy (non-hydrogen) atoms. The third-order valence-corrected chi connectivity index (χ3v) is 8.90. The Morgan fingerprint density at radius 1 is 0.708 bits per heavy atom. The Morgan fingerprint density at radius 3 is 1.81 bits per heavy atom. The summed E-state index contributed by atoms with van der Waals surface area (Å²) in [5.74, 6) is -3.44. The highest BCUT2D eigenvalue weighted by Crippen LogP contribution is 2.38. The monoisotopic (exact) mass is 818 g/mol. The highest BCUT2D eigenvalue weighted by molar-refractivity contribution is 9.11. The van der Waals surface area contributed by atoms with Crippen LogP contribution in [0.15, 0.2) is 68.5 Å². The van der Waals surface area contributed by atoms with Gasteiger partial charge in [-0.15, -0.1) is 11.3 Å². The van der Waals surface area contributed by atoms with Crippen LogP contribution in [-0.2, 0) is 6.54 Å². The highest BCUT2D eigenvalue weighted by Gasteiger charge is 2.16. The zero-order chi connectivity index (χ0) is 35.3. The summed E-state index contributed by atoms with van der Waals surface area (Å²) in [4.78, 5) is 16.5. The topological polar surface area (TPSA) is 224 Å². The van der Waals surface area contributed by atoms with Crippen LogP contribution in [0.2, 0.25) is 0 Å². The lowest BCUT2D eigenvalue weighted by molar-refractivity contribution is 0.367. The number of rotatable bonds is 6. The minimum atomic E-state index is -0.827. The lowest BCUT2D eigenvalue weighted by atomic mass is 10.1. The Balaban J connectivity index is 0.000000217. The standard InChI is InChI=1S/C16H10BrNO5S.C16H14BrNO5S/c17-9-3-7(4-10(19)13(9)21)1-2-12-18-6-8-5-11(20)14(22)15(23)16(8)24-12;17-10-3-8(4-11(19)15(10)22)1-2-14(24)18-7-9-5-12(20)16(23)13(21)6-9/h1-6,19-21,23H;1-6,19-23H,7H2,(H,18,24)/b2*2-1+. The van der Waals surface area contributed by atoms with Crippen LogP contribution in [0.1, 0.15) is 21.7 Å². The first-order valence-electron chi connectivity index (χ1n) is 13.3. The van der Waals surface area contributed by atoms with E-state index in [0.29, 0.717) is 46.1 Å². The van der Waals surface area contributed by atoms with Crippen LogP contribution in [0.5, 0.6) is 51.7 Å². The van der Waals surface area contributed by atoms with Crippen LogP contribution < -0.4 is 10.7 Å². The van der Waals surface area contributed by atoms with Gasteiger partial charge in [0.25, 0.3) is 5.43 Å². The summed E-state index contributed by atoms with van der Waals surface area (Å²) in [7, 11) is 0. The fourth-order valence-corrected chi connectivity index (χ4v) is 5.88. The van der Waals surface area contributed by atoms with Gasteiger partial charge in [0, 0.05) is 18.3 Å². The first kappa shape index (κ1) is 35.8. The van der Waals surface area contributed by atoms with Gasteiger partial charge < -0.3 is 51.3 Å². The molecule has 12 nitrogen and oxygen atoms in total. The molecule has 2 aliphatic rings. The molecule has 3 aromatic carbocycles. The molecule has 0 saturated carbocycles. The Labute approximate surface area is 297 Å². The molecule has 0 saturated heterocycles. The summed E-state index contributed by atoms with van der Waals surface area (Å²) in [5.41, 5.74) is 1.40. The van der Waals surface area contributed by atoms with Gasteiger partial charge in [0.2, 0.25) is 0 Å². The number of hydrogen-bond donors (Lipinski definition) is 10. The molecule has 0 unspecified atom stereocenters. The molecule has 0 amide bonds. The van der Waals surface area contributed by atoms with E-state index in [-0.39, 0.29) is 29.5 Å². The molecule has 0 radical (unpaired) electrons. The van der Waals surface area contributed by atoms with E-state index in [2.05, 4.69) is 42.2 Å². The Kier molecular flexibility index (Phi) is 11.4. The largest absolute Gasteiger partial charge is 0.504 e. The molecule has 248 valence electrons. The molecule has 1 aliphatic heterocycles. The molecular weight excluding hydrogens is 796 g/mol. The third-order valence-electron chi connectivity index (χ3n) is 6.33. The quantitative estimate of drug-likeness (QED) is 0.0505. The molecule has 3 aromatic rings. The summed E-state index contributed by atoms with van der Waals surface area (Å²) >= 11 is 12.5. The van der Waals surface area contributed by atoms with Crippen LogP contribution in [0.25, 0.3) is 28.7 Å². The molecule has 0 atom stereocenters. The lowest BCUT2D eigenvalue weighted by Crippen LogP contribution is -2.18. The lowest BCUT2D eigenvalue weighted by Gasteiger charge is -2.08. The van der Waals surface area contributed by atoms with Crippen molar-refractivity contribution in [2.45, 2.75) is 6.54 Å². The van der Waals surface area contributed by atoms with Crippen molar-refractivity contribution in [2.75, 3.05) is 0 Å². The zero-order valence-electron chi connectivity index (χ0n) is 24.1. The van der Waals surface area contributed by atoms with Crippen LogP contribution >= 0.6 is 55.4 Å². The molecule has 0 aromatic heterocycles. The van der Waals surface area contributed by atoms with Crippen molar-refractivity contribution in [1.82, 2.24) is 10.3 Å². The second kappa shape index (κ2) is 15.2. The zero-order valence-corrected chi connectivity index (χ0v) is 28.9. The molecular formula is C32H24Br2N2O10S2. The number of phenolic OH excluding ortho intramolecular Hbond substituents is 9. The first-order chi connectivity index (χ1) is 22.6. The van der Waals surface area contributed by atoms with E-state index < -0.39 is 34.2 Å². The number of phenols is 9. The number of nitrogens with zero attached hydrogens (tertiary/aromatic N) is 1. The van der Waals surface area contributed by atoms with Gasteiger partial charge in [0.15, 0.2) is 51.7 Å². The number of halogens is 2. The van der Waals surface area contributed by atoms with E-state index in [9.17, 15) is 50.8 Å². The predicted octanol–water partition coefficient (Wildman–Crippen LogP) is 6.47. The van der Waals surface area contributed by atoms with Crippen molar-refractivity contribution in [3.05, 3.63) is 95.6 Å². The van der Waals surface area contributed by atoms with Gasteiger partial charge in [-0.2, -0.15) is 0 Å². The Morgan fingerprint density at radius 2 is 1.25 bits per heavy atom. The van der Waals surface area contributed by atoms with Gasteiger partial charge in [-0.1, -0.05) is 24.4 Å². The van der Waals surface area contributed by atoms with E-state index in [1.807, 2.05) is 0 Å². The number of aromatic nitrogens is 1. The molecule has 10 N–H and O–H groups in total. The fraction of sp³-hybridized carbons (Fsp3) is 0.0312. The predicted molar refractivity (Wildman–Crippen MR) is 192 cm³/mol.